The highest BCUT2D eigenvalue weighted by molar-refractivity contribution is 7.20. The van der Waals surface area contributed by atoms with Gasteiger partial charge in [-0.25, -0.2) is 14.2 Å². The van der Waals surface area contributed by atoms with Gasteiger partial charge in [0.25, 0.3) is 0 Å². The maximum absolute atomic E-state index is 15.2. The standard InChI is InChI=1S/C34H35FN4O5S/c1-3-41-33(40)29-17-27-32(45-29)37-30(39(27)19-23-12-15-42-23)20-38-13-10-22(11-14-38)31-24-6-4-5-7-28(24)43-34(2,44-31)25-9-8-21(18-36)16-26(25)35/h4-9,16-17,22-23,31H,3,10-15,19-20H2,1-2H3/t23-,31?,34-/m0/s1. The molecule has 5 heterocycles. The summed E-state index contributed by atoms with van der Waals surface area (Å²) < 4.78 is 41.3. The lowest BCUT2D eigenvalue weighted by Crippen LogP contribution is -2.43. The molecule has 0 saturated carbocycles. The first-order valence-corrected chi connectivity index (χ1v) is 16.3. The lowest BCUT2D eigenvalue weighted by Gasteiger charge is -2.44. The van der Waals surface area contributed by atoms with E-state index in [0.717, 1.165) is 60.7 Å². The van der Waals surface area contributed by atoms with Crippen molar-refractivity contribution in [2.75, 3.05) is 26.3 Å². The number of nitrogens with zero attached hydrogens (tertiary/aromatic N) is 4. The molecular formula is C34H35FN4O5S. The summed E-state index contributed by atoms with van der Waals surface area (Å²) in [5.74, 6) is -0.323. The topological polar surface area (TPSA) is 98.8 Å². The highest BCUT2D eigenvalue weighted by atomic mass is 32.1. The molecule has 2 fully saturated rings. The number of carbonyl (C=O) groups excluding carboxylic acids is 1. The molecule has 2 saturated heterocycles. The highest BCUT2D eigenvalue weighted by Crippen LogP contribution is 2.49. The molecule has 3 atom stereocenters. The van der Waals surface area contributed by atoms with Crippen molar-refractivity contribution in [2.45, 2.75) is 64.2 Å². The van der Waals surface area contributed by atoms with Gasteiger partial charge in [-0.05, 0) is 75.5 Å². The first-order valence-electron chi connectivity index (χ1n) is 15.5. The Morgan fingerprint density at radius 1 is 1.20 bits per heavy atom. The van der Waals surface area contributed by atoms with E-state index in [9.17, 15) is 10.1 Å². The molecule has 0 N–H and O–H groups in total. The highest BCUT2D eigenvalue weighted by Gasteiger charge is 2.44. The van der Waals surface area contributed by atoms with Crippen molar-refractivity contribution in [1.29, 1.82) is 5.26 Å². The number of para-hydroxylation sites is 1. The average molecular weight is 631 g/mol. The van der Waals surface area contributed by atoms with E-state index >= 15 is 4.39 Å². The Morgan fingerprint density at radius 3 is 2.71 bits per heavy atom. The van der Waals surface area contributed by atoms with E-state index in [2.05, 4.69) is 9.47 Å². The van der Waals surface area contributed by atoms with E-state index in [-0.39, 0.29) is 35.2 Å². The van der Waals surface area contributed by atoms with Crippen LogP contribution in [0.1, 0.15) is 71.4 Å². The number of halogens is 1. The zero-order valence-corrected chi connectivity index (χ0v) is 26.1. The first-order chi connectivity index (χ1) is 21.8. The quantitative estimate of drug-likeness (QED) is 0.209. The third-order valence-electron chi connectivity index (χ3n) is 9.08. The number of fused-ring (bicyclic) bond motifs is 2. The fraction of sp³-hybridized carbons (Fsp3) is 0.441. The molecule has 0 aliphatic carbocycles. The van der Waals surface area contributed by atoms with Crippen LogP contribution in [0.2, 0.25) is 0 Å². The van der Waals surface area contributed by atoms with Crippen LogP contribution in [0.3, 0.4) is 0 Å². The number of aromatic nitrogens is 2. The van der Waals surface area contributed by atoms with Gasteiger partial charge in [0.1, 0.15) is 27.1 Å². The number of imidazole rings is 1. The molecule has 11 heteroatoms. The van der Waals surface area contributed by atoms with Crippen LogP contribution in [0.4, 0.5) is 4.39 Å². The molecule has 7 rings (SSSR count). The van der Waals surface area contributed by atoms with Crippen molar-refractivity contribution >= 4 is 27.7 Å². The second kappa shape index (κ2) is 12.2. The Kier molecular flexibility index (Phi) is 8.08. The Bertz CT molecular complexity index is 1770. The van der Waals surface area contributed by atoms with Crippen LogP contribution in [0, 0.1) is 23.1 Å². The number of rotatable bonds is 8. The third kappa shape index (κ3) is 5.72. The molecule has 1 unspecified atom stereocenters. The number of thiophene rings is 1. The van der Waals surface area contributed by atoms with Gasteiger partial charge in [0.2, 0.25) is 5.79 Å². The minimum Gasteiger partial charge on any atom is -0.462 e. The van der Waals surface area contributed by atoms with E-state index in [1.54, 1.807) is 26.0 Å². The molecular weight excluding hydrogens is 595 g/mol. The first kappa shape index (κ1) is 29.9. The van der Waals surface area contributed by atoms with Gasteiger partial charge in [-0.2, -0.15) is 5.26 Å². The Hall–Kier alpha value is -3.82. The molecule has 2 aromatic heterocycles. The van der Waals surface area contributed by atoms with Crippen LogP contribution in [-0.2, 0) is 33.1 Å². The summed E-state index contributed by atoms with van der Waals surface area (Å²) >= 11 is 1.37. The van der Waals surface area contributed by atoms with Gasteiger partial charge in [0, 0.05) is 19.1 Å². The van der Waals surface area contributed by atoms with Crippen molar-refractivity contribution in [2.24, 2.45) is 5.92 Å². The number of nitriles is 1. The molecule has 3 aliphatic rings. The molecule has 3 aliphatic heterocycles. The lowest BCUT2D eigenvalue weighted by atomic mass is 9.85. The van der Waals surface area contributed by atoms with Gasteiger partial charge in [0.15, 0.2) is 0 Å². The number of likely N-dealkylation sites (tertiary alicyclic amines) is 1. The van der Waals surface area contributed by atoms with Gasteiger partial charge in [-0.1, -0.05) is 18.2 Å². The van der Waals surface area contributed by atoms with Crippen molar-refractivity contribution in [3.8, 4) is 11.8 Å². The second-order valence-electron chi connectivity index (χ2n) is 12.0. The minimum atomic E-state index is -1.34. The van der Waals surface area contributed by atoms with E-state index in [0.29, 0.717) is 30.3 Å². The summed E-state index contributed by atoms with van der Waals surface area (Å²) in [7, 11) is 0. The fourth-order valence-electron chi connectivity index (χ4n) is 6.60. The zero-order valence-electron chi connectivity index (χ0n) is 25.3. The van der Waals surface area contributed by atoms with Crippen molar-refractivity contribution in [3.63, 3.8) is 0 Å². The van der Waals surface area contributed by atoms with E-state index < -0.39 is 11.6 Å². The Labute approximate surface area is 265 Å². The number of ether oxygens (including phenoxy) is 4. The maximum Gasteiger partial charge on any atom is 0.348 e. The number of hydrogen-bond acceptors (Lipinski definition) is 9. The third-order valence-corrected chi connectivity index (χ3v) is 10.1. The van der Waals surface area contributed by atoms with Crippen LogP contribution < -0.4 is 4.74 Å². The summed E-state index contributed by atoms with van der Waals surface area (Å²) in [4.78, 5) is 21.2. The largest absolute Gasteiger partial charge is 0.462 e. The molecule has 0 amide bonds. The minimum absolute atomic E-state index is 0.152. The predicted molar refractivity (Wildman–Crippen MR) is 165 cm³/mol. The molecule has 9 nitrogen and oxygen atoms in total. The number of carbonyl (C=O) groups is 1. The number of benzene rings is 2. The second-order valence-corrected chi connectivity index (χ2v) is 13.0. The summed E-state index contributed by atoms with van der Waals surface area (Å²) in [5.41, 5.74) is 2.44. The molecule has 45 heavy (non-hydrogen) atoms. The molecule has 234 valence electrons. The Morgan fingerprint density at radius 2 is 2.00 bits per heavy atom. The molecule has 4 aromatic rings. The van der Waals surface area contributed by atoms with Crippen LogP contribution in [0.5, 0.6) is 5.75 Å². The van der Waals surface area contributed by atoms with Gasteiger partial charge in [0.05, 0.1) is 54.6 Å². The van der Waals surface area contributed by atoms with Crippen LogP contribution in [0.15, 0.2) is 48.5 Å². The molecule has 0 radical (unpaired) electrons. The predicted octanol–water partition coefficient (Wildman–Crippen LogP) is 6.31. The summed E-state index contributed by atoms with van der Waals surface area (Å²) in [6.45, 7) is 7.76. The maximum atomic E-state index is 15.2. The fourth-order valence-corrected chi connectivity index (χ4v) is 7.55. The molecule has 2 aromatic carbocycles. The SMILES string of the molecule is CCOC(=O)c1cc2c(nc(CN3CCC(C4O[C@@](C)(c5ccc(C#N)cc5F)Oc5ccccc54)CC3)n2C[C@@H]2CCO2)s1. The number of esters is 1. The van der Waals surface area contributed by atoms with Gasteiger partial charge >= 0.3 is 5.97 Å². The Balaban J connectivity index is 1.09. The molecule has 0 bridgehead atoms. The molecule has 0 spiro atoms. The number of piperidine rings is 1. The van der Waals surface area contributed by atoms with E-state index in [1.807, 2.05) is 36.4 Å². The van der Waals surface area contributed by atoms with Crippen molar-refractivity contribution in [3.05, 3.63) is 81.7 Å². The monoisotopic (exact) mass is 630 g/mol. The normalized spacial score (nSPS) is 23.6. The van der Waals surface area contributed by atoms with Crippen LogP contribution >= 0.6 is 11.3 Å². The van der Waals surface area contributed by atoms with E-state index in [1.165, 1.54) is 17.4 Å². The van der Waals surface area contributed by atoms with E-state index in [4.69, 9.17) is 23.9 Å². The average Bonchev–Trinajstić information content (AvgIpc) is 3.57. The summed E-state index contributed by atoms with van der Waals surface area (Å²) in [6.07, 6.45) is 2.66. The summed E-state index contributed by atoms with van der Waals surface area (Å²) in [6, 6.07) is 16.1. The van der Waals surface area contributed by atoms with Gasteiger partial charge < -0.3 is 23.5 Å². The van der Waals surface area contributed by atoms with Crippen LogP contribution in [-0.4, -0.2) is 52.8 Å². The number of hydrogen-bond donors (Lipinski definition) is 0. The summed E-state index contributed by atoms with van der Waals surface area (Å²) in [5, 5.41) is 9.22. The van der Waals surface area contributed by atoms with Crippen LogP contribution in [0.25, 0.3) is 10.3 Å². The zero-order chi connectivity index (χ0) is 31.1. The van der Waals surface area contributed by atoms with Crippen molar-refractivity contribution in [1.82, 2.24) is 14.5 Å². The van der Waals surface area contributed by atoms with Gasteiger partial charge in [-0.15, -0.1) is 11.3 Å². The van der Waals surface area contributed by atoms with Crippen molar-refractivity contribution < 1.29 is 28.1 Å². The lowest BCUT2D eigenvalue weighted by molar-refractivity contribution is -0.243. The van der Waals surface area contributed by atoms with Gasteiger partial charge in [-0.3, -0.25) is 4.90 Å². The smallest absolute Gasteiger partial charge is 0.348 e.